The first-order chi connectivity index (χ1) is 16.0. The molecule has 0 amide bonds. The molecule has 0 saturated heterocycles. The molecule has 0 saturated carbocycles. The van der Waals surface area contributed by atoms with Crippen LogP contribution in [0.4, 0.5) is 0 Å². The summed E-state index contributed by atoms with van der Waals surface area (Å²) in [6.07, 6.45) is 15.2. The van der Waals surface area contributed by atoms with Crippen molar-refractivity contribution in [1.82, 2.24) is 0 Å². The van der Waals surface area contributed by atoms with Crippen molar-refractivity contribution in [1.29, 1.82) is 0 Å². The van der Waals surface area contributed by atoms with Gasteiger partial charge in [0.25, 0.3) is 0 Å². The molecule has 0 aromatic heterocycles. The Hall–Kier alpha value is -1.71. The molecule has 2 rings (SSSR count). The highest BCUT2D eigenvalue weighted by atomic mass is 16.5. The highest BCUT2D eigenvalue weighted by Gasteiger charge is 2.34. The van der Waals surface area contributed by atoms with E-state index < -0.39 is 5.97 Å². The van der Waals surface area contributed by atoms with Crippen LogP contribution in [0.5, 0.6) is 11.5 Å². The topological polar surface area (TPSA) is 55.8 Å². The van der Waals surface area contributed by atoms with Gasteiger partial charge in [-0.25, -0.2) is 4.79 Å². The maximum atomic E-state index is 11.0. The van der Waals surface area contributed by atoms with Crippen molar-refractivity contribution in [3.05, 3.63) is 22.3 Å². The van der Waals surface area contributed by atoms with Gasteiger partial charge in [-0.3, -0.25) is 0 Å². The number of aliphatic carboxylic acids is 1. The lowest BCUT2D eigenvalue weighted by molar-refractivity contribution is -0.139. The van der Waals surface area contributed by atoms with Gasteiger partial charge in [-0.1, -0.05) is 72.1 Å². The summed E-state index contributed by atoms with van der Waals surface area (Å²) < 4.78 is 12.3. The Morgan fingerprint density at radius 1 is 0.941 bits per heavy atom. The van der Waals surface area contributed by atoms with E-state index in [9.17, 15) is 4.79 Å². The van der Waals surface area contributed by atoms with Crippen LogP contribution in [0, 0.1) is 32.6 Å². The van der Waals surface area contributed by atoms with E-state index in [1.54, 1.807) is 0 Å². The van der Waals surface area contributed by atoms with E-state index in [1.807, 2.05) is 13.8 Å². The second-order valence-corrected chi connectivity index (χ2v) is 11.5. The molecule has 0 aliphatic carbocycles. The van der Waals surface area contributed by atoms with Gasteiger partial charge in [0.1, 0.15) is 17.1 Å². The molecule has 34 heavy (non-hydrogen) atoms. The lowest BCUT2D eigenvalue weighted by Gasteiger charge is -2.38. The third-order valence-corrected chi connectivity index (χ3v) is 7.78. The molecule has 4 nitrogen and oxygen atoms in total. The number of ether oxygens (including phenoxy) is 2. The van der Waals surface area contributed by atoms with Gasteiger partial charge in [-0.15, -0.1) is 0 Å². The first-order valence-electron chi connectivity index (χ1n) is 13.7. The second kappa shape index (κ2) is 13.4. The normalized spacial score (nSPS) is 18.5. The summed E-state index contributed by atoms with van der Waals surface area (Å²) in [6.45, 7) is 15.1. The fraction of sp³-hybridized carbons (Fsp3) is 0.767. The van der Waals surface area contributed by atoms with Crippen molar-refractivity contribution in [3.8, 4) is 11.5 Å². The Morgan fingerprint density at radius 2 is 1.56 bits per heavy atom. The minimum atomic E-state index is -0.950. The number of unbranched alkanes of at least 4 members (excludes halogenated alkanes) is 4. The van der Waals surface area contributed by atoms with Crippen LogP contribution in [-0.4, -0.2) is 23.3 Å². The minimum Gasteiger partial charge on any atom is -0.487 e. The first-order valence-corrected chi connectivity index (χ1v) is 13.7. The largest absolute Gasteiger partial charge is 0.487 e. The zero-order valence-electron chi connectivity index (χ0n) is 23.0. The number of hydrogen-bond acceptors (Lipinski definition) is 3. The maximum absolute atomic E-state index is 11.0. The zero-order valence-corrected chi connectivity index (χ0v) is 23.0. The molecule has 1 aromatic carbocycles. The summed E-state index contributed by atoms with van der Waals surface area (Å²) in [5.41, 5.74) is 4.14. The highest BCUT2D eigenvalue weighted by Crippen LogP contribution is 2.45. The van der Waals surface area contributed by atoms with Crippen molar-refractivity contribution < 1.29 is 19.4 Å². The first kappa shape index (κ1) is 28.5. The van der Waals surface area contributed by atoms with Crippen LogP contribution in [0.2, 0.25) is 0 Å². The number of carboxylic acids is 1. The van der Waals surface area contributed by atoms with Gasteiger partial charge in [0.15, 0.2) is 6.61 Å². The predicted octanol–water partition coefficient (Wildman–Crippen LogP) is 8.35. The standard InChI is InChI=1S/C30H50O4/c1-21(2)14-11-9-8-10-12-15-22(3)16-13-18-30(7)19-17-26-25(6)28(33-20-27(31)32)23(4)24(5)29(26)34-30/h21-22H,8-20H2,1-7H3,(H,31,32)/t22-,30-/m1/s1. The summed E-state index contributed by atoms with van der Waals surface area (Å²) in [5, 5.41) is 9.01. The number of carbonyl (C=O) groups is 1. The minimum absolute atomic E-state index is 0.129. The van der Waals surface area contributed by atoms with Crippen LogP contribution >= 0.6 is 0 Å². The zero-order chi connectivity index (χ0) is 25.3. The lowest BCUT2D eigenvalue weighted by Crippen LogP contribution is -2.37. The van der Waals surface area contributed by atoms with E-state index in [0.29, 0.717) is 5.75 Å². The average Bonchev–Trinajstić information content (AvgIpc) is 2.76. The molecule has 0 radical (unpaired) electrons. The van der Waals surface area contributed by atoms with Crippen molar-refractivity contribution in [2.75, 3.05) is 6.61 Å². The van der Waals surface area contributed by atoms with Gasteiger partial charge in [-0.2, -0.15) is 0 Å². The number of carboxylic acid groups (broad SMARTS) is 1. The van der Waals surface area contributed by atoms with Crippen molar-refractivity contribution in [2.45, 2.75) is 131 Å². The fourth-order valence-corrected chi connectivity index (χ4v) is 5.35. The molecule has 1 heterocycles. The number of hydrogen-bond donors (Lipinski definition) is 1. The number of fused-ring (bicyclic) bond motifs is 1. The summed E-state index contributed by atoms with van der Waals surface area (Å²) in [5.74, 6) is 2.39. The Morgan fingerprint density at radius 3 is 2.21 bits per heavy atom. The summed E-state index contributed by atoms with van der Waals surface area (Å²) in [7, 11) is 0. The van der Waals surface area contributed by atoms with Gasteiger partial charge in [-0.05, 0) is 81.9 Å². The number of rotatable bonds is 15. The van der Waals surface area contributed by atoms with Crippen LogP contribution in [-0.2, 0) is 11.2 Å². The van der Waals surface area contributed by atoms with Gasteiger partial charge in [0.05, 0.1) is 0 Å². The molecular formula is C30H50O4. The van der Waals surface area contributed by atoms with Crippen LogP contribution in [0.1, 0.15) is 121 Å². The molecule has 1 aromatic rings. The van der Waals surface area contributed by atoms with Crippen molar-refractivity contribution >= 4 is 5.97 Å². The molecule has 0 unspecified atom stereocenters. The van der Waals surface area contributed by atoms with E-state index >= 15 is 0 Å². The average molecular weight is 475 g/mol. The van der Waals surface area contributed by atoms with E-state index in [0.717, 1.165) is 53.5 Å². The lowest BCUT2D eigenvalue weighted by atomic mass is 9.84. The highest BCUT2D eigenvalue weighted by molar-refractivity contribution is 5.69. The summed E-state index contributed by atoms with van der Waals surface area (Å²) >= 11 is 0. The molecule has 0 fully saturated rings. The molecule has 1 aliphatic rings. The molecular weight excluding hydrogens is 424 g/mol. The predicted molar refractivity (Wildman–Crippen MR) is 141 cm³/mol. The second-order valence-electron chi connectivity index (χ2n) is 11.5. The Kier molecular flexibility index (Phi) is 11.2. The van der Waals surface area contributed by atoms with E-state index in [1.165, 1.54) is 63.4 Å². The Bertz CT molecular complexity index is 798. The molecule has 0 bridgehead atoms. The van der Waals surface area contributed by atoms with Gasteiger partial charge < -0.3 is 14.6 Å². The SMILES string of the molecule is Cc1c(C)c2c(c(C)c1OCC(=O)O)CC[C@@](C)(CCC[C@H](C)CCCCCCCC(C)C)O2. The van der Waals surface area contributed by atoms with Crippen LogP contribution in [0.15, 0.2) is 0 Å². The van der Waals surface area contributed by atoms with Crippen LogP contribution in [0.3, 0.4) is 0 Å². The summed E-state index contributed by atoms with van der Waals surface area (Å²) in [4.78, 5) is 11.0. The Balaban J connectivity index is 1.81. The smallest absolute Gasteiger partial charge is 0.341 e. The molecule has 4 heteroatoms. The van der Waals surface area contributed by atoms with Crippen LogP contribution in [0.25, 0.3) is 0 Å². The third kappa shape index (κ3) is 8.50. The molecule has 1 N–H and O–H groups in total. The number of benzene rings is 1. The molecule has 0 spiro atoms. The molecule has 2 atom stereocenters. The third-order valence-electron chi connectivity index (χ3n) is 7.78. The summed E-state index contributed by atoms with van der Waals surface area (Å²) in [6, 6.07) is 0. The van der Waals surface area contributed by atoms with E-state index in [4.69, 9.17) is 14.6 Å². The van der Waals surface area contributed by atoms with E-state index in [-0.39, 0.29) is 12.2 Å². The Labute approximate surface area is 208 Å². The monoisotopic (exact) mass is 474 g/mol. The van der Waals surface area contributed by atoms with Crippen LogP contribution < -0.4 is 9.47 Å². The maximum Gasteiger partial charge on any atom is 0.341 e. The fourth-order valence-electron chi connectivity index (χ4n) is 5.35. The van der Waals surface area contributed by atoms with Gasteiger partial charge in [0, 0.05) is 5.56 Å². The van der Waals surface area contributed by atoms with Gasteiger partial charge >= 0.3 is 5.97 Å². The van der Waals surface area contributed by atoms with Crippen molar-refractivity contribution in [3.63, 3.8) is 0 Å². The van der Waals surface area contributed by atoms with E-state index in [2.05, 4.69) is 34.6 Å². The van der Waals surface area contributed by atoms with Crippen molar-refractivity contribution in [2.24, 2.45) is 11.8 Å². The molecule has 1 aliphatic heterocycles. The van der Waals surface area contributed by atoms with Gasteiger partial charge in [0.2, 0.25) is 0 Å². The quantitative estimate of drug-likeness (QED) is 0.259. The molecule has 194 valence electrons.